The zero-order valence-electron chi connectivity index (χ0n) is 15.8. The first-order chi connectivity index (χ1) is 12.4. The van der Waals surface area contributed by atoms with E-state index >= 15 is 0 Å². The summed E-state index contributed by atoms with van der Waals surface area (Å²) in [5, 5.41) is 2.55. The van der Waals surface area contributed by atoms with Gasteiger partial charge in [0.1, 0.15) is 0 Å². The summed E-state index contributed by atoms with van der Waals surface area (Å²) in [7, 11) is 7.33. The van der Waals surface area contributed by atoms with Gasteiger partial charge in [-0.25, -0.2) is 0 Å². The molecule has 6 nitrogen and oxygen atoms in total. The fourth-order valence-corrected chi connectivity index (χ4v) is 2.55. The predicted molar refractivity (Wildman–Crippen MR) is 103 cm³/mol. The van der Waals surface area contributed by atoms with E-state index in [2.05, 4.69) is 21.3 Å². The van der Waals surface area contributed by atoms with Crippen LogP contribution in [-0.4, -0.2) is 61.3 Å². The first-order valence-electron chi connectivity index (χ1n) is 8.57. The lowest BCUT2D eigenvalue weighted by molar-refractivity contribution is -0.120. The van der Waals surface area contributed by atoms with Crippen LogP contribution in [0.25, 0.3) is 11.3 Å². The molecule has 0 aliphatic rings. The van der Waals surface area contributed by atoms with Crippen molar-refractivity contribution in [3.63, 3.8) is 0 Å². The van der Waals surface area contributed by atoms with Crippen molar-refractivity contribution >= 4 is 11.8 Å². The third-order valence-corrected chi connectivity index (χ3v) is 4.05. The molecule has 6 heteroatoms. The first kappa shape index (κ1) is 19.6. The van der Waals surface area contributed by atoms with Crippen molar-refractivity contribution in [2.75, 3.05) is 34.7 Å². The second kappa shape index (κ2) is 9.10. The van der Waals surface area contributed by atoms with Crippen molar-refractivity contribution < 1.29 is 9.59 Å². The van der Waals surface area contributed by atoms with Crippen molar-refractivity contribution in [3.05, 3.63) is 53.7 Å². The summed E-state index contributed by atoms with van der Waals surface area (Å²) in [5.74, 6) is -0.182. The lowest BCUT2D eigenvalue weighted by Crippen LogP contribution is -2.31. The van der Waals surface area contributed by atoms with Crippen LogP contribution in [0.3, 0.4) is 0 Å². The van der Waals surface area contributed by atoms with Gasteiger partial charge in [-0.15, -0.1) is 0 Å². The van der Waals surface area contributed by atoms with Gasteiger partial charge in [0.2, 0.25) is 5.91 Å². The molecule has 0 saturated carbocycles. The Morgan fingerprint density at radius 3 is 2.27 bits per heavy atom. The largest absolute Gasteiger partial charge is 0.359 e. The molecule has 0 unspecified atom stereocenters. The maximum Gasteiger partial charge on any atom is 0.253 e. The van der Waals surface area contributed by atoms with E-state index in [1.807, 2.05) is 38.5 Å². The highest BCUT2D eigenvalue weighted by atomic mass is 16.2. The Labute approximate surface area is 154 Å². The highest BCUT2D eigenvalue weighted by molar-refractivity contribution is 5.94. The Morgan fingerprint density at radius 1 is 1.04 bits per heavy atom. The normalized spacial score (nSPS) is 10.7. The van der Waals surface area contributed by atoms with Crippen LogP contribution in [0.4, 0.5) is 0 Å². The highest BCUT2D eigenvalue weighted by Gasteiger charge is 2.13. The SMILES string of the molecule is CNC(=O)CCN(C)C(=O)c1ccc(-c2ccc(CN(C)C)cn2)cc1. The molecule has 0 bridgehead atoms. The van der Waals surface area contributed by atoms with Gasteiger partial charge in [0.25, 0.3) is 5.91 Å². The summed E-state index contributed by atoms with van der Waals surface area (Å²) in [4.78, 5) is 31.9. The molecule has 1 aromatic carbocycles. The maximum atomic E-state index is 12.4. The van der Waals surface area contributed by atoms with Crippen LogP contribution in [0.15, 0.2) is 42.6 Å². The molecular weight excluding hydrogens is 328 g/mol. The van der Waals surface area contributed by atoms with Crippen LogP contribution in [0.5, 0.6) is 0 Å². The number of hydrogen-bond acceptors (Lipinski definition) is 4. The van der Waals surface area contributed by atoms with E-state index in [-0.39, 0.29) is 11.8 Å². The lowest BCUT2D eigenvalue weighted by Gasteiger charge is -2.17. The predicted octanol–water partition coefficient (Wildman–Crippen LogP) is 2.02. The minimum absolute atomic E-state index is 0.0798. The summed E-state index contributed by atoms with van der Waals surface area (Å²) in [6.07, 6.45) is 2.17. The van der Waals surface area contributed by atoms with E-state index in [1.165, 1.54) is 0 Å². The molecule has 1 aromatic heterocycles. The number of carbonyl (C=O) groups excluding carboxylic acids is 2. The number of nitrogens with one attached hydrogen (secondary N) is 1. The Morgan fingerprint density at radius 2 is 1.73 bits per heavy atom. The molecule has 1 N–H and O–H groups in total. The zero-order valence-corrected chi connectivity index (χ0v) is 15.8. The fourth-order valence-electron chi connectivity index (χ4n) is 2.55. The number of aromatic nitrogens is 1. The molecule has 2 aromatic rings. The minimum Gasteiger partial charge on any atom is -0.359 e. The molecule has 26 heavy (non-hydrogen) atoms. The second-order valence-electron chi connectivity index (χ2n) is 6.52. The van der Waals surface area contributed by atoms with E-state index in [4.69, 9.17) is 0 Å². The van der Waals surface area contributed by atoms with E-state index in [1.54, 1.807) is 31.1 Å². The van der Waals surface area contributed by atoms with Crippen molar-refractivity contribution in [2.24, 2.45) is 0 Å². The topological polar surface area (TPSA) is 65.5 Å². The van der Waals surface area contributed by atoms with Crippen LogP contribution in [-0.2, 0) is 11.3 Å². The molecule has 0 fully saturated rings. The van der Waals surface area contributed by atoms with Crippen molar-refractivity contribution in [2.45, 2.75) is 13.0 Å². The van der Waals surface area contributed by atoms with Crippen LogP contribution in [0.1, 0.15) is 22.3 Å². The standard InChI is InChI=1S/C20H26N4O2/c1-21-19(25)11-12-24(4)20(26)17-8-6-16(7-9-17)18-10-5-15(13-22-18)14-23(2)3/h5-10,13H,11-12,14H2,1-4H3,(H,21,25). The number of carbonyl (C=O) groups is 2. The number of hydrogen-bond donors (Lipinski definition) is 1. The van der Waals surface area contributed by atoms with Crippen molar-refractivity contribution in [1.82, 2.24) is 20.1 Å². The number of benzene rings is 1. The van der Waals surface area contributed by atoms with Crippen LogP contribution in [0.2, 0.25) is 0 Å². The second-order valence-corrected chi connectivity index (χ2v) is 6.52. The highest BCUT2D eigenvalue weighted by Crippen LogP contribution is 2.18. The monoisotopic (exact) mass is 354 g/mol. The number of pyridine rings is 1. The summed E-state index contributed by atoms with van der Waals surface area (Å²) in [6.45, 7) is 1.23. The Hall–Kier alpha value is -2.73. The number of rotatable bonds is 7. The average molecular weight is 354 g/mol. The molecule has 2 rings (SSSR count). The quantitative estimate of drug-likeness (QED) is 0.826. The van der Waals surface area contributed by atoms with Gasteiger partial charge in [-0.05, 0) is 37.9 Å². The van der Waals surface area contributed by atoms with Gasteiger partial charge < -0.3 is 15.1 Å². The summed E-state index contributed by atoms with van der Waals surface area (Å²) < 4.78 is 0. The zero-order chi connectivity index (χ0) is 19.1. The number of amides is 2. The number of nitrogens with zero attached hydrogens (tertiary/aromatic N) is 3. The first-order valence-corrected chi connectivity index (χ1v) is 8.57. The molecule has 2 amide bonds. The van der Waals surface area contributed by atoms with Gasteiger partial charge >= 0.3 is 0 Å². The summed E-state index contributed by atoms with van der Waals surface area (Å²) in [5.41, 5.74) is 3.59. The molecule has 138 valence electrons. The molecule has 0 atom stereocenters. The van der Waals surface area contributed by atoms with E-state index < -0.39 is 0 Å². The molecule has 0 saturated heterocycles. The summed E-state index contributed by atoms with van der Waals surface area (Å²) >= 11 is 0. The molecule has 0 spiro atoms. The van der Waals surface area contributed by atoms with Crippen LogP contribution < -0.4 is 5.32 Å². The van der Waals surface area contributed by atoms with Gasteiger partial charge in [-0.2, -0.15) is 0 Å². The third-order valence-electron chi connectivity index (χ3n) is 4.05. The van der Waals surface area contributed by atoms with Crippen molar-refractivity contribution in [3.8, 4) is 11.3 Å². The molecule has 0 radical (unpaired) electrons. The van der Waals surface area contributed by atoms with E-state index in [0.717, 1.165) is 23.4 Å². The van der Waals surface area contributed by atoms with E-state index in [0.29, 0.717) is 18.5 Å². The lowest BCUT2D eigenvalue weighted by atomic mass is 10.1. The molecule has 0 aliphatic carbocycles. The Bertz CT molecular complexity index is 739. The van der Waals surface area contributed by atoms with Gasteiger partial charge in [0.15, 0.2) is 0 Å². The minimum atomic E-state index is -0.102. The van der Waals surface area contributed by atoms with Crippen molar-refractivity contribution in [1.29, 1.82) is 0 Å². The van der Waals surface area contributed by atoms with Gasteiger partial charge in [0, 0.05) is 50.9 Å². The molecule has 1 heterocycles. The molecular formula is C20H26N4O2. The van der Waals surface area contributed by atoms with Gasteiger partial charge in [0.05, 0.1) is 5.69 Å². The summed E-state index contributed by atoms with van der Waals surface area (Å²) in [6, 6.07) is 11.4. The molecule has 0 aliphatic heterocycles. The van der Waals surface area contributed by atoms with Gasteiger partial charge in [-0.3, -0.25) is 14.6 Å². The Kier molecular flexibility index (Phi) is 6.86. The smallest absolute Gasteiger partial charge is 0.253 e. The van der Waals surface area contributed by atoms with Crippen LogP contribution >= 0.6 is 0 Å². The van der Waals surface area contributed by atoms with E-state index in [9.17, 15) is 9.59 Å². The van der Waals surface area contributed by atoms with Crippen LogP contribution in [0, 0.1) is 0 Å². The Balaban J connectivity index is 2.03. The van der Waals surface area contributed by atoms with Gasteiger partial charge in [-0.1, -0.05) is 18.2 Å². The maximum absolute atomic E-state index is 12.4. The fraction of sp³-hybridized carbons (Fsp3) is 0.350. The average Bonchev–Trinajstić information content (AvgIpc) is 2.65. The third kappa shape index (κ3) is 5.39.